The Balaban J connectivity index is 1.86. The molecule has 0 unspecified atom stereocenters. The van der Waals surface area contributed by atoms with E-state index >= 15 is 0 Å². The van der Waals surface area contributed by atoms with E-state index in [9.17, 15) is 9.59 Å². The zero-order valence-corrected chi connectivity index (χ0v) is 12.0. The van der Waals surface area contributed by atoms with Crippen molar-refractivity contribution in [3.63, 3.8) is 0 Å². The Morgan fingerprint density at radius 1 is 1.52 bits per heavy atom. The van der Waals surface area contributed by atoms with E-state index in [1.165, 1.54) is 22.2 Å². The van der Waals surface area contributed by atoms with E-state index in [-0.39, 0.29) is 19.1 Å². The van der Waals surface area contributed by atoms with Crippen LogP contribution < -0.4 is 10.6 Å². The fourth-order valence-corrected chi connectivity index (χ4v) is 2.17. The first-order valence-corrected chi connectivity index (χ1v) is 7.12. The molecule has 2 aromatic rings. The van der Waals surface area contributed by atoms with Crippen molar-refractivity contribution in [2.45, 2.75) is 13.0 Å². The summed E-state index contributed by atoms with van der Waals surface area (Å²) in [7, 11) is 0. The second-order valence-electron chi connectivity index (χ2n) is 4.14. The number of carbonyl (C=O) groups excluding carboxylic acids is 2. The van der Waals surface area contributed by atoms with Crippen LogP contribution in [0.5, 0.6) is 0 Å². The van der Waals surface area contributed by atoms with Crippen LogP contribution in [0.1, 0.15) is 16.1 Å². The Bertz CT molecular complexity index is 610. The number of hydrogen-bond acceptors (Lipinski definition) is 7. The van der Waals surface area contributed by atoms with Gasteiger partial charge < -0.3 is 15.7 Å². The largest absolute Gasteiger partial charge is 0.396 e. The zero-order valence-electron chi connectivity index (χ0n) is 11.2. The first kappa shape index (κ1) is 15.1. The maximum Gasteiger partial charge on any atom is 0.241 e. The molecule has 3 N–H and O–H groups in total. The van der Waals surface area contributed by atoms with Gasteiger partial charge in [0.25, 0.3) is 0 Å². The van der Waals surface area contributed by atoms with Crippen molar-refractivity contribution >= 4 is 34.5 Å². The minimum atomic E-state index is -0.171. The van der Waals surface area contributed by atoms with Gasteiger partial charge in [-0.25, -0.2) is 4.98 Å². The van der Waals surface area contributed by atoms with Crippen molar-refractivity contribution in [3.05, 3.63) is 23.3 Å². The van der Waals surface area contributed by atoms with Crippen LogP contribution in [0.4, 0.5) is 10.9 Å². The third kappa shape index (κ3) is 4.65. The van der Waals surface area contributed by atoms with Gasteiger partial charge in [0.1, 0.15) is 6.54 Å². The van der Waals surface area contributed by atoms with Crippen LogP contribution >= 0.6 is 11.3 Å². The highest BCUT2D eigenvalue weighted by Crippen LogP contribution is 2.20. The summed E-state index contributed by atoms with van der Waals surface area (Å²) in [5.74, 6) is 0.376. The van der Waals surface area contributed by atoms with E-state index in [1.54, 1.807) is 12.3 Å². The van der Waals surface area contributed by atoms with E-state index < -0.39 is 0 Å². The van der Waals surface area contributed by atoms with Gasteiger partial charge in [-0.2, -0.15) is 5.10 Å². The molecular formula is C12H15N5O3S. The lowest BCUT2D eigenvalue weighted by Gasteiger charge is -2.04. The van der Waals surface area contributed by atoms with Gasteiger partial charge in [-0.3, -0.25) is 14.3 Å². The number of amides is 1. The summed E-state index contributed by atoms with van der Waals surface area (Å²) in [5, 5.41) is 19.0. The summed E-state index contributed by atoms with van der Waals surface area (Å²) in [4.78, 5) is 26.7. The second kappa shape index (κ2) is 7.50. The lowest BCUT2D eigenvalue weighted by molar-refractivity contribution is -0.121. The molecule has 1 amide bonds. The summed E-state index contributed by atoms with van der Waals surface area (Å²) in [6.07, 6.45) is 4.41. The van der Waals surface area contributed by atoms with Crippen LogP contribution in [0, 0.1) is 0 Å². The Morgan fingerprint density at radius 2 is 2.38 bits per heavy atom. The minimum absolute atomic E-state index is 0.0483. The van der Waals surface area contributed by atoms with Crippen LogP contribution in [0.25, 0.3) is 0 Å². The van der Waals surface area contributed by atoms with Crippen molar-refractivity contribution in [1.29, 1.82) is 0 Å². The Labute approximate surface area is 124 Å². The highest BCUT2D eigenvalue weighted by molar-refractivity contribution is 7.17. The van der Waals surface area contributed by atoms with Gasteiger partial charge in [-0.05, 0) is 6.42 Å². The monoisotopic (exact) mass is 309 g/mol. The summed E-state index contributed by atoms with van der Waals surface area (Å²) >= 11 is 1.22. The highest BCUT2D eigenvalue weighted by Gasteiger charge is 2.06. The van der Waals surface area contributed by atoms with E-state index in [1.807, 2.05) is 0 Å². The number of thiazole rings is 1. The number of aliphatic hydroxyl groups is 1. The maximum atomic E-state index is 11.6. The summed E-state index contributed by atoms with van der Waals surface area (Å²) < 4.78 is 1.49. The topological polar surface area (TPSA) is 109 Å². The van der Waals surface area contributed by atoms with Gasteiger partial charge in [-0.1, -0.05) is 11.3 Å². The van der Waals surface area contributed by atoms with Crippen LogP contribution in [-0.2, 0) is 11.3 Å². The molecule has 21 heavy (non-hydrogen) atoms. The molecule has 112 valence electrons. The number of nitrogens with zero attached hydrogens (tertiary/aromatic N) is 3. The molecule has 0 saturated heterocycles. The van der Waals surface area contributed by atoms with Crippen LogP contribution in [0.15, 0.2) is 18.5 Å². The quantitative estimate of drug-likeness (QED) is 0.481. The Hall–Kier alpha value is -2.26. The van der Waals surface area contributed by atoms with Crippen molar-refractivity contribution < 1.29 is 14.7 Å². The average Bonchev–Trinajstić information content (AvgIpc) is 3.09. The number of nitrogens with one attached hydrogen (secondary N) is 2. The van der Waals surface area contributed by atoms with Crippen molar-refractivity contribution in [2.24, 2.45) is 0 Å². The molecule has 2 rings (SSSR count). The lowest BCUT2D eigenvalue weighted by Crippen LogP contribution is -2.29. The predicted octanol–water partition coefficient (Wildman–Crippen LogP) is 0.394. The predicted molar refractivity (Wildman–Crippen MR) is 77.7 cm³/mol. The molecule has 0 spiro atoms. The molecule has 2 aromatic heterocycles. The van der Waals surface area contributed by atoms with E-state index in [0.29, 0.717) is 28.8 Å². The molecule has 0 radical (unpaired) electrons. The van der Waals surface area contributed by atoms with Crippen LogP contribution in [-0.4, -0.2) is 45.2 Å². The first-order valence-electron chi connectivity index (χ1n) is 6.30. The number of hydrogen-bond donors (Lipinski definition) is 3. The standard InChI is InChI=1S/C12H15N5O3S/c18-5-1-3-13-11(20)7-17-4-2-10(16-17)15-12-14-6-9(8-19)21-12/h2,4,6,8,18H,1,3,5,7H2,(H,13,20)(H,14,15,16). The molecule has 8 nitrogen and oxygen atoms in total. The molecule has 0 aliphatic heterocycles. The van der Waals surface area contributed by atoms with Crippen LogP contribution in [0.2, 0.25) is 0 Å². The maximum absolute atomic E-state index is 11.6. The van der Waals surface area contributed by atoms with E-state index in [4.69, 9.17) is 5.11 Å². The summed E-state index contributed by atoms with van der Waals surface area (Å²) in [6, 6.07) is 1.71. The number of aldehydes is 1. The Kier molecular flexibility index (Phi) is 5.41. The normalized spacial score (nSPS) is 10.3. The molecule has 0 aromatic carbocycles. The number of aromatic nitrogens is 3. The SMILES string of the molecule is O=Cc1cnc(Nc2ccn(CC(=O)NCCCO)n2)s1. The lowest BCUT2D eigenvalue weighted by atomic mass is 10.4. The number of aliphatic hydroxyl groups excluding tert-OH is 1. The number of anilines is 2. The van der Waals surface area contributed by atoms with Crippen molar-refractivity contribution in [1.82, 2.24) is 20.1 Å². The van der Waals surface area contributed by atoms with Gasteiger partial charge in [0.05, 0.1) is 11.1 Å². The van der Waals surface area contributed by atoms with Gasteiger partial charge >= 0.3 is 0 Å². The summed E-state index contributed by atoms with van der Waals surface area (Å²) in [5.41, 5.74) is 0. The van der Waals surface area contributed by atoms with Gasteiger partial charge in [0.2, 0.25) is 5.91 Å². The van der Waals surface area contributed by atoms with Crippen molar-refractivity contribution in [3.8, 4) is 0 Å². The molecule has 0 atom stereocenters. The Morgan fingerprint density at radius 3 is 3.10 bits per heavy atom. The summed E-state index contributed by atoms with van der Waals surface area (Å²) in [6.45, 7) is 0.590. The first-order chi connectivity index (χ1) is 10.2. The smallest absolute Gasteiger partial charge is 0.241 e. The van der Waals surface area contributed by atoms with Gasteiger partial charge in [0, 0.05) is 25.4 Å². The van der Waals surface area contributed by atoms with Gasteiger partial charge in [0.15, 0.2) is 17.2 Å². The average molecular weight is 309 g/mol. The third-order valence-electron chi connectivity index (χ3n) is 2.48. The van der Waals surface area contributed by atoms with Gasteiger partial charge in [-0.15, -0.1) is 0 Å². The van der Waals surface area contributed by atoms with Crippen LogP contribution in [0.3, 0.4) is 0 Å². The van der Waals surface area contributed by atoms with E-state index in [2.05, 4.69) is 20.7 Å². The number of carbonyl (C=O) groups is 2. The molecule has 0 bridgehead atoms. The van der Waals surface area contributed by atoms with Crippen molar-refractivity contribution in [2.75, 3.05) is 18.5 Å². The van der Waals surface area contributed by atoms with E-state index in [0.717, 1.165) is 6.29 Å². The minimum Gasteiger partial charge on any atom is -0.396 e. The molecule has 0 fully saturated rings. The fourth-order valence-electron chi connectivity index (χ4n) is 1.53. The zero-order chi connectivity index (χ0) is 15.1. The second-order valence-corrected chi connectivity index (χ2v) is 5.20. The molecule has 0 aliphatic carbocycles. The molecule has 2 heterocycles. The molecule has 0 saturated carbocycles. The highest BCUT2D eigenvalue weighted by atomic mass is 32.1. The molecule has 9 heteroatoms. The number of rotatable bonds is 8. The fraction of sp³-hybridized carbons (Fsp3) is 0.333. The molecule has 0 aliphatic rings. The molecular weight excluding hydrogens is 294 g/mol. The third-order valence-corrected chi connectivity index (χ3v) is 3.32.